The predicted molar refractivity (Wildman–Crippen MR) is 79.1 cm³/mol. The fourth-order valence-corrected chi connectivity index (χ4v) is 3.04. The van der Waals surface area contributed by atoms with Gasteiger partial charge < -0.3 is 10.7 Å². The third-order valence-corrected chi connectivity index (χ3v) is 4.12. The van der Waals surface area contributed by atoms with Gasteiger partial charge in [0.25, 0.3) is 0 Å². The summed E-state index contributed by atoms with van der Waals surface area (Å²) in [7, 11) is 0. The Labute approximate surface area is 114 Å². The molecule has 0 radical (unpaired) electrons. The zero-order valence-electron chi connectivity index (χ0n) is 10.6. The molecule has 0 amide bonds. The van der Waals surface area contributed by atoms with E-state index < -0.39 is 0 Å². The van der Waals surface area contributed by atoms with Crippen LogP contribution in [0.5, 0.6) is 0 Å². The van der Waals surface area contributed by atoms with Crippen molar-refractivity contribution in [1.82, 2.24) is 4.98 Å². The molecule has 0 saturated heterocycles. The third kappa shape index (κ3) is 2.55. The fraction of sp³-hybridized carbons (Fsp3) is 0.467. The van der Waals surface area contributed by atoms with Crippen LogP contribution in [0.1, 0.15) is 43.7 Å². The van der Waals surface area contributed by atoms with Crippen LogP contribution in [-0.2, 0) is 0 Å². The van der Waals surface area contributed by atoms with Crippen molar-refractivity contribution in [2.75, 3.05) is 0 Å². The van der Waals surface area contributed by atoms with Gasteiger partial charge in [0.1, 0.15) is 0 Å². The molecule has 1 aliphatic rings. The van der Waals surface area contributed by atoms with Gasteiger partial charge in [-0.3, -0.25) is 0 Å². The summed E-state index contributed by atoms with van der Waals surface area (Å²) in [6.07, 6.45) is 8.68. The summed E-state index contributed by atoms with van der Waals surface area (Å²) in [5.74, 6) is 0.681. The molecule has 18 heavy (non-hydrogen) atoms. The van der Waals surface area contributed by atoms with Gasteiger partial charge in [0.05, 0.1) is 0 Å². The van der Waals surface area contributed by atoms with E-state index in [-0.39, 0.29) is 18.4 Å². The third-order valence-electron chi connectivity index (χ3n) is 4.12. The lowest BCUT2D eigenvalue weighted by molar-refractivity contribution is 0.308. The van der Waals surface area contributed by atoms with Crippen molar-refractivity contribution in [2.45, 2.75) is 38.1 Å². The average molecular weight is 265 g/mol. The number of nitrogens with two attached hydrogens (primary N) is 1. The summed E-state index contributed by atoms with van der Waals surface area (Å²) in [5, 5.41) is 1.27. The highest BCUT2D eigenvalue weighted by atomic mass is 35.5. The van der Waals surface area contributed by atoms with E-state index in [2.05, 4.69) is 29.2 Å². The van der Waals surface area contributed by atoms with Gasteiger partial charge in [-0.2, -0.15) is 0 Å². The van der Waals surface area contributed by atoms with E-state index in [0.29, 0.717) is 5.92 Å². The van der Waals surface area contributed by atoms with E-state index in [9.17, 15) is 0 Å². The summed E-state index contributed by atoms with van der Waals surface area (Å²) >= 11 is 0. The Bertz CT molecular complexity index is 500. The lowest BCUT2D eigenvalue weighted by Gasteiger charge is -2.27. The van der Waals surface area contributed by atoms with Crippen LogP contribution >= 0.6 is 12.4 Å². The van der Waals surface area contributed by atoms with E-state index in [0.717, 1.165) is 0 Å². The van der Waals surface area contributed by atoms with Gasteiger partial charge in [-0.25, -0.2) is 0 Å². The van der Waals surface area contributed by atoms with Crippen molar-refractivity contribution < 1.29 is 0 Å². The molecule has 0 bridgehead atoms. The van der Waals surface area contributed by atoms with Gasteiger partial charge in [0.15, 0.2) is 0 Å². The van der Waals surface area contributed by atoms with Crippen LogP contribution in [0.4, 0.5) is 0 Å². The van der Waals surface area contributed by atoms with Crippen molar-refractivity contribution in [1.29, 1.82) is 0 Å². The van der Waals surface area contributed by atoms with E-state index in [4.69, 9.17) is 5.73 Å². The van der Waals surface area contributed by atoms with E-state index in [1.807, 2.05) is 6.20 Å². The number of hydrogen-bond donors (Lipinski definition) is 2. The Morgan fingerprint density at radius 2 is 1.89 bits per heavy atom. The standard InChI is InChI=1S/C15H20N2.ClH/c16-15(11-4-2-1-3-5-11)13-6-7-14-12(10-13)8-9-17-14;/h6-11,15,17H,1-5,16H2;1H/t15-;/m0./s1. The number of nitrogens with one attached hydrogen (secondary N) is 1. The molecule has 0 unspecified atom stereocenters. The first-order chi connectivity index (χ1) is 8.34. The maximum Gasteiger partial charge on any atom is 0.0454 e. The zero-order chi connectivity index (χ0) is 11.7. The lowest BCUT2D eigenvalue weighted by Crippen LogP contribution is -2.23. The highest BCUT2D eigenvalue weighted by molar-refractivity contribution is 5.85. The van der Waals surface area contributed by atoms with Gasteiger partial charge in [-0.15, -0.1) is 12.4 Å². The molecule has 98 valence electrons. The molecular weight excluding hydrogens is 244 g/mol. The van der Waals surface area contributed by atoms with Gasteiger partial charge in [0.2, 0.25) is 0 Å². The van der Waals surface area contributed by atoms with Crippen LogP contribution in [0.2, 0.25) is 0 Å². The van der Waals surface area contributed by atoms with Crippen molar-refractivity contribution >= 4 is 23.3 Å². The molecular formula is C15H21ClN2. The number of benzene rings is 1. The first-order valence-corrected chi connectivity index (χ1v) is 6.67. The largest absolute Gasteiger partial charge is 0.361 e. The molecule has 1 saturated carbocycles. The molecule has 1 aliphatic carbocycles. The molecule has 1 heterocycles. The Balaban J connectivity index is 0.00000120. The highest BCUT2D eigenvalue weighted by Crippen LogP contribution is 2.33. The predicted octanol–water partition coefficient (Wildman–Crippen LogP) is 4.17. The molecule has 2 nitrogen and oxygen atoms in total. The first-order valence-electron chi connectivity index (χ1n) is 6.67. The highest BCUT2D eigenvalue weighted by Gasteiger charge is 2.21. The van der Waals surface area contributed by atoms with Crippen LogP contribution in [0.3, 0.4) is 0 Å². The molecule has 3 heteroatoms. The minimum atomic E-state index is 0. The SMILES string of the molecule is Cl.N[C@H](c1ccc2[nH]ccc2c1)C1CCCCC1. The summed E-state index contributed by atoms with van der Waals surface area (Å²) in [6, 6.07) is 8.90. The number of halogens is 1. The minimum absolute atomic E-state index is 0. The van der Waals surface area contributed by atoms with Crippen molar-refractivity contribution in [3.8, 4) is 0 Å². The molecule has 0 aliphatic heterocycles. The van der Waals surface area contributed by atoms with E-state index >= 15 is 0 Å². The first kappa shape index (κ1) is 13.4. The number of rotatable bonds is 2. The van der Waals surface area contributed by atoms with Crippen molar-refractivity contribution in [3.63, 3.8) is 0 Å². The zero-order valence-corrected chi connectivity index (χ0v) is 11.4. The quantitative estimate of drug-likeness (QED) is 0.840. The van der Waals surface area contributed by atoms with Gasteiger partial charge >= 0.3 is 0 Å². The summed E-state index contributed by atoms with van der Waals surface area (Å²) < 4.78 is 0. The second-order valence-electron chi connectivity index (χ2n) is 5.25. The smallest absolute Gasteiger partial charge is 0.0454 e. The van der Waals surface area contributed by atoms with E-state index in [1.165, 1.54) is 48.6 Å². The second-order valence-corrected chi connectivity index (χ2v) is 5.25. The molecule has 3 N–H and O–H groups in total. The summed E-state index contributed by atoms with van der Waals surface area (Å²) in [6.45, 7) is 0. The molecule has 2 aromatic rings. The molecule has 1 atom stereocenters. The Kier molecular flexibility index (Phi) is 4.31. The maximum absolute atomic E-state index is 6.42. The Morgan fingerprint density at radius 3 is 2.67 bits per heavy atom. The fourth-order valence-electron chi connectivity index (χ4n) is 3.04. The van der Waals surface area contributed by atoms with Crippen molar-refractivity contribution in [2.24, 2.45) is 11.7 Å². The monoisotopic (exact) mass is 264 g/mol. The number of aromatic nitrogens is 1. The Hall–Kier alpha value is -0.990. The number of aromatic amines is 1. The van der Waals surface area contributed by atoms with E-state index in [1.54, 1.807) is 0 Å². The number of hydrogen-bond acceptors (Lipinski definition) is 1. The van der Waals surface area contributed by atoms with Crippen LogP contribution in [0, 0.1) is 5.92 Å². The Morgan fingerprint density at radius 1 is 1.11 bits per heavy atom. The van der Waals surface area contributed by atoms with Crippen LogP contribution < -0.4 is 5.73 Å². The van der Waals surface area contributed by atoms with Crippen LogP contribution in [-0.4, -0.2) is 4.98 Å². The average Bonchev–Trinajstić information content (AvgIpc) is 2.86. The van der Waals surface area contributed by atoms with Gasteiger partial charge in [0, 0.05) is 17.8 Å². The normalized spacial score (nSPS) is 18.5. The summed E-state index contributed by atoms with van der Waals surface area (Å²) in [5.41, 5.74) is 8.91. The molecule has 0 spiro atoms. The number of H-pyrrole nitrogens is 1. The molecule has 3 rings (SSSR count). The van der Waals surface area contributed by atoms with Gasteiger partial charge in [-0.1, -0.05) is 25.3 Å². The molecule has 1 aromatic carbocycles. The minimum Gasteiger partial charge on any atom is -0.361 e. The molecule has 1 aromatic heterocycles. The van der Waals surface area contributed by atoms with Crippen LogP contribution in [0.25, 0.3) is 10.9 Å². The number of fused-ring (bicyclic) bond motifs is 1. The topological polar surface area (TPSA) is 41.8 Å². The summed E-state index contributed by atoms with van der Waals surface area (Å²) in [4.78, 5) is 3.22. The lowest BCUT2D eigenvalue weighted by atomic mass is 9.81. The van der Waals surface area contributed by atoms with Gasteiger partial charge in [-0.05, 0) is 47.9 Å². The second kappa shape index (κ2) is 5.77. The van der Waals surface area contributed by atoms with Crippen LogP contribution in [0.15, 0.2) is 30.5 Å². The van der Waals surface area contributed by atoms with Crippen molar-refractivity contribution in [3.05, 3.63) is 36.0 Å². The maximum atomic E-state index is 6.42. The molecule has 1 fully saturated rings.